The molecule has 112 valence electrons. The smallest absolute Gasteiger partial charge is 0.226 e. The largest absolute Gasteiger partial charge is 0.296 e. The molecule has 21 heavy (non-hydrogen) atoms. The molecule has 0 bridgehead atoms. The molecule has 1 saturated carbocycles. The van der Waals surface area contributed by atoms with Crippen LogP contribution in [-0.2, 0) is 4.79 Å². The zero-order chi connectivity index (χ0) is 15.0. The monoisotopic (exact) mass is 286 g/mol. The van der Waals surface area contributed by atoms with Gasteiger partial charge < -0.3 is 0 Å². The summed E-state index contributed by atoms with van der Waals surface area (Å²) in [6.45, 7) is 6.06. The van der Waals surface area contributed by atoms with Gasteiger partial charge in [0.1, 0.15) is 5.52 Å². The van der Waals surface area contributed by atoms with Crippen molar-refractivity contribution in [3.05, 3.63) is 17.8 Å². The molecule has 2 aromatic heterocycles. The van der Waals surface area contributed by atoms with Crippen LogP contribution >= 0.6 is 0 Å². The van der Waals surface area contributed by atoms with E-state index in [2.05, 4.69) is 19.9 Å². The molecule has 1 fully saturated rings. The standard InChI is InChI=1S/C16H22N4O/c1-10(2)9-14(21)19-16-18-13-8-7-11(3)17-15(13)20(16)12-5-4-6-12/h7-8,10,12H,4-6,9H2,1-3H3,(H,18,19,21). The quantitative estimate of drug-likeness (QED) is 0.936. The van der Waals surface area contributed by atoms with Crippen molar-refractivity contribution in [2.45, 2.75) is 52.5 Å². The predicted octanol–water partition coefficient (Wildman–Crippen LogP) is 3.45. The number of pyridine rings is 1. The number of nitrogens with one attached hydrogen (secondary N) is 1. The molecule has 0 saturated heterocycles. The number of carbonyl (C=O) groups is 1. The first-order chi connectivity index (χ1) is 10.0. The summed E-state index contributed by atoms with van der Waals surface area (Å²) in [7, 11) is 0. The summed E-state index contributed by atoms with van der Waals surface area (Å²) in [4.78, 5) is 21.3. The number of anilines is 1. The van der Waals surface area contributed by atoms with Gasteiger partial charge in [0.25, 0.3) is 0 Å². The average molecular weight is 286 g/mol. The molecule has 1 aliphatic carbocycles. The number of carbonyl (C=O) groups excluding carboxylic acids is 1. The van der Waals surface area contributed by atoms with E-state index in [-0.39, 0.29) is 5.91 Å². The maximum atomic E-state index is 12.1. The number of rotatable bonds is 4. The highest BCUT2D eigenvalue weighted by Gasteiger charge is 2.26. The second-order valence-corrected chi connectivity index (χ2v) is 6.33. The molecular formula is C16H22N4O. The second-order valence-electron chi connectivity index (χ2n) is 6.33. The zero-order valence-electron chi connectivity index (χ0n) is 12.9. The van der Waals surface area contributed by atoms with Gasteiger partial charge in [-0.15, -0.1) is 0 Å². The molecule has 0 aromatic carbocycles. The number of fused-ring (bicyclic) bond motifs is 1. The third-order valence-corrected chi connectivity index (χ3v) is 3.96. The Kier molecular flexibility index (Phi) is 3.66. The first kappa shape index (κ1) is 14.0. The van der Waals surface area contributed by atoms with Crippen molar-refractivity contribution >= 4 is 23.0 Å². The third kappa shape index (κ3) is 2.77. The molecule has 2 heterocycles. The maximum absolute atomic E-state index is 12.1. The van der Waals surface area contributed by atoms with Crippen molar-refractivity contribution in [3.63, 3.8) is 0 Å². The van der Waals surface area contributed by atoms with E-state index in [9.17, 15) is 4.79 Å². The number of aryl methyl sites for hydroxylation is 1. The van der Waals surface area contributed by atoms with E-state index in [1.807, 2.05) is 32.9 Å². The first-order valence-corrected chi connectivity index (χ1v) is 7.70. The van der Waals surface area contributed by atoms with Crippen LogP contribution in [0.15, 0.2) is 12.1 Å². The molecule has 0 unspecified atom stereocenters. The lowest BCUT2D eigenvalue weighted by Crippen LogP contribution is -2.23. The van der Waals surface area contributed by atoms with Crippen molar-refractivity contribution in [1.29, 1.82) is 0 Å². The molecule has 1 aliphatic rings. The highest BCUT2D eigenvalue weighted by molar-refractivity contribution is 5.91. The van der Waals surface area contributed by atoms with E-state index in [1.54, 1.807) is 0 Å². The Bertz CT molecular complexity index is 670. The van der Waals surface area contributed by atoms with Crippen molar-refractivity contribution in [2.75, 3.05) is 5.32 Å². The predicted molar refractivity (Wildman–Crippen MR) is 83.2 cm³/mol. The number of imidazole rings is 1. The Balaban J connectivity index is 1.98. The van der Waals surface area contributed by atoms with Gasteiger partial charge in [-0.1, -0.05) is 13.8 Å². The lowest BCUT2D eigenvalue weighted by atomic mass is 9.93. The number of nitrogens with zero attached hydrogens (tertiary/aromatic N) is 3. The van der Waals surface area contributed by atoms with Crippen LogP contribution in [0.2, 0.25) is 0 Å². The molecule has 0 atom stereocenters. The van der Waals surface area contributed by atoms with Crippen molar-refractivity contribution < 1.29 is 4.79 Å². The Morgan fingerprint density at radius 1 is 1.38 bits per heavy atom. The van der Waals surface area contributed by atoms with Crippen LogP contribution in [0.25, 0.3) is 11.2 Å². The summed E-state index contributed by atoms with van der Waals surface area (Å²) in [6, 6.07) is 4.35. The van der Waals surface area contributed by atoms with Crippen LogP contribution in [0.5, 0.6) is 0 Å². The molecule has 3 rings (SSSR count). The van der Waals surface area contributed by atoms with E-state index in [1.165, 1.54) is 6.42 Å². The van der Waals surface area contributed by atoms with Gasteiger partial charge in [-0.05, 0) is 44.2 Å². The SMILES string of the molecule is Cc1ccc2nc(NC(=O)CC(C)C)n(C3CCC3)c2n1. The van der Waals surface area contributed by atoms with Gasteiger partial charge in [0.15, 0.2) is 5.65 Å². The van der Waals surface area contributed by atoms with Crippen molar-refractivity contribution in [1.82, 2.24) is 14.5 Å². The third-order valence-electron chi connectivity index (χ3n) is 3.96. The molecule has 1 N–H and O–H groups in total. The topological polar surface area (TPSA) is 59.8 Å². The number of hydrogen-bond donors (Lipinski definition) is 1. The number of aromatic nitrogens is 3. The van der Waals surface area contributed by atoms with Gasteiger partial charge >= 0.3 is 0 Å². The van der Waals surface area contributed by atoms with Crippen molar-refractivity contribution in [3.8, 4) is 0 Å². The van der Waals surface area contributed by atoms with Gasteiger partial charge in [0.2, 0.25) is 11.9 Å². The van der Waals surface area contributed by atoms with Gasteiger partial charge in [0.05, 0.1) is 0 Å². The van der Waals surface area contributed by atoms with Crippen LogP contribution in [0.4, 0.5) is 5.95 Å². The van der Waals surface area contributed by atoms with Gasteiger partial charge in [-0.2, -0.15) is 0 Å². The van der Waals surface area contributed by atoms with E-state index >= 15 is 0 Å². The molecular weight excluding hydrogens is 264 g/mol. The Morgan fingerprint density at radius 2 is 2.14 bits per heavy atom. The van der Waals surface area contributed by atoms with Crippen LogP contribution in [0, 0.1) is 12.8 Å². The van der Waals surface area contributed by atoms with Crippen molar-refractivity contribution in [2.24, 2.45) is 5.92 Å². The lowest BCUT2D eigenvalue weighted by Gasteiger charge is -2.28. The summed E-state index contributed by atoms with van der Waals surface area (Å²) < 4.78 is 2.12. The summed E-state index contributed by atoms with van der Waals surface area (Å²) in [5.41, 5.74) is 2.72. The summed E-state index contributed by atoms with van der Waals surface area (Å²) in [5, 5.41) is 2.97. The molecule has 5 heteroatoms. The molecule has 0 aliphatic heterocycles. The van der Waals surface area contributed by atoms with Gasteiger partial charge in [-0.3, -0.25) is 14.7 Å². The number of hydrogen-bond acceptors (Lipinski definition) is 3. The van der Waals surface area contributed by atoms with E-state index in [0.29, 0.717) is 24.3 Å². The van der Waals surface area contributed by atoms with E-state index < -0.39 is 0 Å². The molecule has 1 amide bonds. The van der Waals surface area contributed by atoms with Gasteiger partial charge in [-0.25, -0.2) is 9.97 Å². The lowest BCUT2D eigenvalue weighted by molar-refractivity contribution is -0.116. The average Bonchev–Trinajstić information content (AvgIpc) is 2.64. The fourth-order valence-corrected chi connectivity index (χ4v) is 2.69. The fourth-order valence-electron chi connectivity index (χ4n) is 2.69. The highest BCUT2D eigenvalue weighted by atomic mass is 16.1. The van der Waals surface area contributed by atoms with Crippen LogP contribution in [-0.4, -0.2) is 20.4 Å². The Labute approximate surface area is 124 Å². The normalized spacial score (nSPS) is 15.4. The van der Waals surface area contributed by atoms with Crippen LogP contribution < -0.4 is 5.32 Å². The molecule has 2 aromatic rings. The van der Waals surface area contributed by atoms with E-state index in [0.717, 1.165) is 29.7 Å². The second kappa shape index (κ2) is 5.47. The molecule has 0 spiro atoms. The van der Waals surface area contributed by atoms with E-state index in [4.69, 9.17) is 0 Å². The summed E-state index contributed by atoms with van der Waals surface area (Å²) >= 11 is 0. The Hall–Kier alpha value is -1.91. The summed E-state index contributed by atoms with van der Waals surface area (Å²) in [6.07, 6.45) is 4.01. The van der Waals surface area contributed by atoms with Gasteiger partial charge in [0, 0.05) is 18.2 Å². The zero-order valence-corrected chi connectivity index (χ0v) is 12.9. The first-order valence-electron chi connectivity index (χ1n) is 7.70. The summed E-state index contributed by atoms with van der Waals surface area (Å²) in [5.74, 6) is 1.02. The Morgan fingerprint density at radius 3 is 2.76 bits per heavy atom. The minimum Gasteiger partial charge on any atom is -0.296 e. The number of amides is 1. The fraction of sp³-hybridized carbons (Fsp3) is 0.562. The van der Waals surface area contributed by atoms with Crippen LogP contribution in [0.1, 0.15) is 51.3 Å². The minimum absolute atomic E-state index is 0.0256. The van der Waals surface area contributed by atoms with Crippen LogP contribution in [0.3, 0.4) is 0 Å². The molecule has 5 nitrogen and oxygen atoms in total. The minimum atomic E-state index is 0.0256. The molecule has 0 radical (unpaired) electrons. The maximum Gasteiger partial charge on any atom is 0.226 e. The highest BCUT2D eigenvalue weighted by Crippen LogP contribution is 2.36.